The SMILES string of the molecule is Fc1ccc(C(=CC(Cl)CBr)c2ccc(F)cc2)cc1. The second-order valence-electron chi connectivity index (χ2n) is 4.26. The van der Waals surface area contributed by atoms with Gasteiger partial charge in [-0.25, -0.2) is 8.78 Å². The maximum absolute atomic E-state index is 13.0. The molecule has 0 aliphatic heterocycles. The highest BCUT2D eigenvalue weighted by molar-refractivity contribution is 9.09. The van der Waals surface area contributed by atoms with Crippen LogP contribution in [-0.4, -0.2) is 10.7 Å². The number of alkyl halides is 2. The maximum atomic E-state index is 13.0. The molecule has 0 amide bonds. The third-order valence-electron chi connectivity index (χ3n) is 2.81. The Balaban J connectivity index is 2.47. The van der Waals surface area contributed by atoms with Gasteiger partial charge < -0.3 is 0 Å². The van der Waals surface area contributed by atoms with Crippen molar-refractivity contribution in [3.63, 3.8) is 0 Å². The Morgan fingerprint density at radius 1 is 0.950 bits per heavy atom. The summed E-state index contributed by atoms with van der Waals surface area (Å²) >= 11 is 9.47. The normalized spacial score (nSPS) is 12.0. The quantitative estimate of drug-likeness (QED) is 0.643. The summed E-state index contributed by atoms with van der Waals surface area (Å²) in [4.78, 5) is 0. The van der Waals surface area contributed by atoms with E-state index >= 15 is 0 Å². The van der Waals surface area contributed by atoms with E-state index in [0.717, 1.165) is 16.7 Å². The van der Waals surface area contributed by atoms with E-state index in [1.165, 1.54) is 24.3 Å². The van der Waals surface area contributed by atoms with Crippen LogP contribution in [0.1, 0.15) is 11.1 Å². The highest BCUT2D eigenvalue weighted by Gasteiger charge is 2.08. The molecular formula is C16H12BrClF2. The Hall–Kier alpha value is -1.19. The molecule has 0 heterocycles. The van der Waals surface area contributed by atoms with Gasteiger partial charge in [-0.2, -0.15) is 0 Å². The molecule has 0 N–H and O–H groups in total. The predicted molar refractivity (Wildman–Crippen MR) is 83.3 cm³/mol. The van der Waals surface area contributed by atoms with E-state index in [1.807, 2.05) is 6.08 Å². The molecule has 0 radical (unpaired) electrons. The first-order valence-electron chi connectivity index (χ1n) is 6.04. The minimum absolute atomic E-state index is 0.208. The molecule has 0 fully saturated rings. The van der Waals surface area contributed by atoms with Gasteiger partial charge in [-0.1, -0.05) is 46.3 Å². The van der Waals surface area contributed by atoms with Crippen molar-refractivity contribution in [3.8, 4) is 0 Å². The van der Waals surface area contributed by atoms with Crippen molar-refractivity contribution >= 4 is 33.1 Å². The average Bonchev–Trinajstić information content (AvgIpc) is 2.46. The zero-order chi connectivity index (χ0) is 14.5. The van der Waals surface area contributed by atoms with Gasteiger partial charge in [0.15, 0.2) is 0 Å². The smallest absolute Gasteiger partial charge is 0.123 e. The van der Waals surface area contributed by atoms with Gasteiger partial charge in [0, 0.05) is 5.33 Å². The van der Waals surface area contributed by atoms with Crippen molar-refractivity contribution < 1.29 is 8.78 Å². The minimum Gasteiger partial charge on any atom is -0.207 e. The summed E-state index contributed by atoms with van der Waals surface area (Å²) in [6.45, 7) is 0. The molecule has 0 aromatic heterocycles. The molecule has 2 rings (SSSR count). The Morgan fingerprint density at radius 2 is 1.35 bits per heavy atom. The number of hydrogen-bond donors (Lipinski definition) is 0. The summed E-state index contributed by atoms with van der Waals surface area (Å²) in [5.74, 6) is -0.592. The topological polar surface area (TPSA) is 0 Å². The summed E-state index contributed by atoms with van der Waals surface area (Å²) in [5, 5.41) is 0.389. The Labute approximate surface area is 130 Å². The summed E-state index contributed by atoms with van der Waals surface area (Å²) in [5.41, 5.74) is 2.53. The fourth-order valence-corrected chi connectivity index (χ4v) is 2.16. The van der Waals surface area contributed by atoms with Gasteiger partial charge in [0.25, 0.3) is 0 Å². The van der Waals surface area contributed by atoms with Crippen LogP contribution in [-0.2, 0) is 0 Å². The van der Waals surface area contributed by atoms with Gasteiger partial charge >= 0.3 is 0 Å². The zero-order valence-electron chi connectivity index (χ0n) is 10.5. The van der Waals surface area contributed by atoms with Crippen molar-refractivity contribution in [1.29, 1.82) is 0 Å². The first-order valence-corrected chi connectivity index (χ1v) is 7.59. The van der Waals surface area contributed by atoms with E-state index in [0.29, 0.717) is 5.33 Å². The van der Waals surface area contributed by atoms with Crippen molar-refractivity contribution in [3.05, 3.63) is 77.4 Å². The first kappa shape index (κ1) is 15.2. The van der Waals surface area contributed by atoms with Crippen LogP contribution in [0.3, 0.4) is 0 Å². The Kier molecular flexibility index (Phi) is 5.32. The van der Waals surface area contributed by atoms with Crippen LogP contribution in [0.2, 0.25) is 0 Å². The standard InChI is InChI=1S/C16H12BrClF2/c17-10-13(18)9-16(11-1-5-14(19)6-2-11)12-3-7-15(20)8-4-12/h1-9,13H,10H2. The lowest BCUT2D eigenvalue weighted by Gasteiger charge is -2.10. The summed E-state index contributed by atoms with van der Waals surface area (Å²) in [7, 11) is 0. The molecule has 20 heavy (non-hydrogen) atoms. The van der Waals surface area contributed by atoms with E-state index in [-0.39, 0.29) is 17.0 Å². The molecule has 1 unspecified atom stereocenters. The number of allylic oxidation sites excluding steroid dienone is 1. The molecular weight excluding hydrogens is 346 g/mol. The molecule has 0 aliphatic carbocycles. The Morgan fingerprint density at radius 3 is 1.70 bits per heavy atom. The van der Waals surface area contributed by atoms with Crippen molar-refractivity contribution in [2.24, 2.45) is 0 Å². The van der Waals surface area contributed by atoms with Crippen LogP contribution >= 0.6 is 27.5 Å². The van der Waals surface area contributed by atoms with Gasteiger partial charge in [0.05, 0.1) is 5.38 Å². The molecule has 0 nitrogen and oxygen atoms in total. The van der Waals surface area contributed by atoms with Crippen molar-refractivity contribution in [1.82, 2.24) is 0 Å². The molecule has 2 aromatic carbocycles. The van der Waals surface area contributed by atoms with E-state index < -0.39 is 0 Å². The monoisotopic (exact) mass is 356 g/mol. The van der Waals surface area contributed by atoms with E-state index in [1.54, 1.807) is 24.3 Å². The largest absolute Gasteiger partial charge is 0.207 e. The van der Waals surface area contributed by atoms with E-state index in [4.69, 9.17) is 11.6 Å². The maximum Gasteiger partial charge on any atom is 0.123 e. The average molecular weight is 358 g/mol. The fraction of sp³-hybridized carbons (Fsp3) is 0.125. The van der Waals surface area contributed by atoms with Crippen molar-refractivity contribution in [2.45, 2.75) is 5.38 Å². The van der Waals surface area contributed by atoms with Gasteiger partial charge in [0.1, 0.15) is 11.6 Å². The zero-order valence-corrected chi connectivity index (χ0v) is 12.8. The van der Waals surface area contributed by atoms with Crippen molar-refractivity contribution in [2.75, 3.05) is 5.33 Å². The summed E-state index contributed by atoms with van der Waals surface area (Å²) in [6.07, 6.45) is 1.87. The molecule has 0 spiro atoms. The van der Waals surface area contributed by atoms with Crippen LogP contribution in [0.15, 0.2) is 54.6 Å². The second kappa shape index (κ2) is 7.00. The lowest BCUT2D eigenvalue weighted by molar-refractivity contribution is 0.627. The minimum atomic E-state index is -0.296. The van der Waals surface area contributed by atoms with E-state index in [2.05, 4.69) is 15.9 Å². The Bertz CT molecular complexity index is 543. The van der Waals surface area contributed by atoms with Gasteiger partial charge in [-0.15, -0.1) is 11.6 Å². The van der Waals surface area contributed by atoms with Gasteiger partial charge in [-0.05, 0) is 41.0 Å². The number of halogens is 4. The lowest BCUT2D eigenvalue weighted by atomic mass is 9.97. The van der Waals surface area contributed by atoms with Crippen LogP contribution in [0, 0.1) is 11.6 Å². The molecule has 1 atom stereocenters. The molecule has 0 saturated carbocycles. The van der Waals surface area contributed by atoms with E-state index in [9.17, 15) is 8.78 Å². The number of rotatable bonds is 4. The summed E-state index contributed by atoms with van der Waals surface area (Å²) in [6, 6.07) is 12.3. The number of hydrogen-bond acceptors (Lipinski definition) is 0. The van der Waals surface area contributed by atoms with Gasteiger partial charge in [0.2, 0.25) is 0 Å². The predicted octanol–water partition coefficient (Wildman–Crippen LogP) is 5.40. The number of benzene rings is 2. The second-order valence-corrected chi connectivity index (χ2v) is 5.47. The molecule has 104 valence electrons. The highest BCUT2D eigenvalue weighted by Crippen LogP contribution is 2.26. The van der Waals surface area contributed by atoms with Crippen LogP contribution in [0.4, 0.5) is 8.78 Å². The molecule has 0 saturated heterocycles. The van der Waals surface area contributed by atoms with Crippen LogP contribution in [0.25, 0.3) is 5.57 Å². The van der Waals surface area contributed by atoms with Gasteiger partial charge in [-0.3, -0.25) is 0 Å². The first-order chi connectivity index (χ1) is 9.60. The third kappa shape index (κ3) is 3.90. The highest BCUT2D eigenvalue weighted by atomic mass is 79.9. The molecule has 0 aliphatic rings. The third-order valence-corrected chi connectivity index (χ3v) is 4.16. The summed E-state index contributed by atoms with van der Waals surface area (Å²) < 4.78 is 26.1. The van der Waals surface area contributed by atoms with Crippen LogP contribution in [0.5, 0.6) is 0 Å². The lowest BCUT2D eigenvalue weighted by Crippen LogP contribution is -1.98. The molecule has 0 bridgehead atoms. The fourth-order valence-electron chi connectivity index (χ4n) is 1.84. The molecule has 2 aromatic rings. The molecule has 4 heteroatoms. The van der Waals surface area contributed by atoms with Crippen LogP contribution < -0.4 is 0 Å².